The fourth-order valence-electron chi connectivity index (χ4n) is 5.03. The molecule has 0 radical (unpaired) electrons. The molecule has 1 fully saturated rings. The Kier molecular flexibility index (Phi) is 9.92. The Morgan fingerprint density at radius 2 is 2.00 bits per heavy atom. The first kappa shape index (κ1) is 26.6. The molecule has 2 heterocycles. The average Bonchev–Trinajstić information content (AvgIpc) is 3.29. The Balaban J connectivity index is 1.76. The molecule has 34 heavy (non-hydrogen) atoms. The number of hydrogen-bond donors (Lipinski definition) is 2. The van der Waals surface area contributed by atoms with E-state index >= 15 is 0 Å². The van der Waals surface area contributed by atoms with E-state index in [1.165, 1.54) is 18.4 Å². The van der Waals surface area contributed by atoms with Crippen molar-refractivity contribution in [3.05, 3.63) is 45.2 Å². The van der Waals surface area contributed by atoms with E-state index in [0.717, 1.165) is 79.4 Å². The van der Waals surface area contributed by atoms with Crippen LogP contribution in [0.1, 0.15) is 56.7 Å². The molecule has 2 aromatic rings. The van der Waals surface area contributed by atoms with E-state index in [1.54, 1.807) is 0 Å². The van der Waals surface area contributed by atoms with Crippen molar-refractivity contribution in [1.82, 2.24) is 25.0 Å². The van der Waals surface area contributed by atoms with Crippen LogP contribution in [0.3, 0.4) is 0 Å². The summed E-state index contributed by atoms with van der Waals surface area (Å²) in [6.07, 6.45) is 3.46. The van der Waals surface area contributed by atoms with Gasteiger partial charge in [-0.05, 0) is 101 Å². The van der Waals surface area contributed by atoms with Crippen LogP contribution in [0.5, 0.6) is 0 Å². The summed E-state index contributed by atoms with van der Waals surface area (Å²) in [4.78, 5) is 23.4. The van der Waals surface area contributed by atoms with Gasteiger partial charge in [0.2, 0.25) is 0 Å². The zero-order valence-corrected chi connectivity index (χ0v) is 22.6. The number of fused-ring (bicyclic) bond motifs is 1. The second kappa shape index (κ2) is 12.7. The molecule has 3 rings (SSSR count). The van der Waals surface area contributed by atoms with E-state index in [9.17, 15) is 4.79 Å². The number of aromatic nitrogens is 1. The molecule has 1 aliphatic heterocycles. The molecule has 0 aliphatic carbocycles. The van der Waals surface area contributed by atoms with Gasteiger partial charge in [-0.2, -0.15) is 0 Å². The molecule has 2 N–H and O–H groups in total. The van der Waals surface area contributed by atoms with Crippen LogP contribution in [0.15, 0.2) is 23.0 Å². The second-order valence-electron chi connectivity index (χ2n) is 9.51. The minimum absolute atomic E-state index is 0.0192. The van der Waals surface area contributed by atoms with Crippen molar-refractivity contribution in [2.24, 2.45) is 0 Å². The Hall–Kier alpha value is -1.96. The van der Waals surface area contributed by atoms with E-state index in [1.807, 2.05) is 6.07 Å². The number of nitrogens with zero attached hydrogens (tertiary/aromatic N) is 3. The fraction of sp³-hybridized carbons (Fsp3) is 0.630. The lowest BCUT2D eigenvalue weighted by atomic mass is 10.0. The van der Waals surface area contributed by atoms with Gasteiger partial charge in [0, 0.05) is 24.7 Å². The van der Waals surface area contributed by atoms with E-state index in [4.69, 9.17) is 12.2 Å². The number of aromatic amines is 1. The van der Waals surface area contributed by atoms with Crippen LogP contribution >= 0.6 is 12.2 Å². The summed E-state index contributed by atoms with van der Waals surface area (Å²) in [5.41, 5.74) is 4.00. The Bertz CT molecular complexity index is 1020. The van der Waals surface area contributed by atoms with Gasteiger partial charge in [0.25, 0.3) is 5.56 Å². The molecule has 1 saturated heterocycles. The third kappa shape index (κ3) is 6.58. The number of hydrogen-bond acceptors (Lipinski definition) is 4. The van der Waals surface area contributed by atoms with Crippen LogP contribution in [0, 0.1) is 13.8 Å². The predicted octanol–water partition coefficient (Wildman–Crippen LogP) is 4.04. The van der Waals surface area contributed by atoms with Crippen molar-refractivity contribution < 1.29 is 0 Å². The molecule has 1 atom stereocenters. The first-order valence-corrected chi connectivity index (χ1v) is 13.4. The topological polar surface area (TPSA) is 54.6 Å². The number of pyridine rings is 1. The first-order valence-electron chi connectivity index (χ1n) is 13.0. The lowest BCUT2D eigenvalue weighted by molar-refractivity contribution is 0.219. The molecule has 1 unspecified atom stereocenters. The molecule has 6 nitrogen and oxygen atoms in total. The van der Waals surface area contributed by atoms with Crippen molar-refractivity contribution in [3.8, 4) is 0 Å². The molecule has 0 amide bonds. The largest absolute Gasteiger partial charge is 0.363 e. The fourth-order valence-corrected chi connectivity index (χ4v) is 5.28. The summed E-state index contributed by atoms with van der Waals surface area (Å²) in [6, 6.07) is 6.74. The summed E-state index contributed by atoms with van der Waals surface area (Å²) in [5, 5.41) is 5.31. The third-order valence-electron chi connectivity index (χ3n) is 7.43. The first-order chi connectivity index (χ1) is 16.4. The smallest absolute Gasteiger partial charge is 0.253 e. The number of nitrogens with one attached hydrogen (secondary N) is 2. The molecule has 1 aromatic heterocycles. The van der Waals surface area contributed by atoms with Gasteiger partial charge >= 0.3 is 0 Å². The van der Waals surface area contributed by atoms with Gasteiger partial charge in [-0.1, -0.05) is 32.9 Å². The molecule has 1 aromatic carbocycles. The lowest BCUT2D eigenvalue weighted by Crippen LogP contribution is -2.47. The molecule has 1 aliphatic rings. The number of rotatable bonds is 11. The summed E-state index contributed by atoms with van der Waals surface area (Å²) < 4.78 is 0. The van der Waals surface area contributed by atoms with Gasteiger partial charge in [-0.15, -0.1) is 0 Å². The predicted molar refractivity (Wildman–Crippen MR) is 148 cm³/mol. The number of likely N-dealkylation sites (tertiary alicyclic amines) is 1. The van der Waals surface area contributed by atoms with E-state index < -0.39 is 0 Å². The van der Waals surface area contributed by atoms with Crippen LogP contribution in [-0.4, -0.2) is 76.7 Å². The Labute approximate surface area is 210 Å². The average molecular weight is 486 g/mol. The lowest BCUT2D eigenvalue weighted by Gasteiger charge is -2.32. The van der Waals surface area contributed by atoms with Crippen molar-refractivity contribution in [2.75, 3.05) is 45.8 Å². The highest BCUT2D eigenvalue weighted by molar-refractivity contribution is 7.80. The highest BCUT2D eigenvalue weighted by Crippen LogP contribution is 2.21. The minimum Gasteiger partial charge on any atom is -0.363 e. The molecular weight excluding hydrogens is 442 g/mol. The highest BCUT2D eigenvalue weighted by atomic mass is 32.1. The van der Waals surface area contributed by atoms with Gasteiger partial charge in [0.15, 0.2) is 5.11 Å². The summed E-state index contributed by atoms with van der Waals surface area (Å²) in [7, 11) is 0. The minimum atomic E-state index is -0.0192. The number of aryl methyl sites for hydroxylation is 2. The number of H-pyrrole nitrogens is 1. The van der Waals surface area contributed by atoms with Crippen molar-refractivity contribution in [2.45, 2.75) is 66.5 Å². The molecule has 188 valence electrons. The zero-order valence-electron chi connectivity index (χ0n) is 21.7. The van der Waals surface area contributed by atoms with E-state index in [-0.39, 0.29) is 5.56 Å². The molecular formula is C27H43N5OS. The SMILES string of the molecule is CCN(CC)CCCNC(=S)N(Cc1cc2ccc(C)c(C)c2[nH]c1=O)CC1CCCN1CC. The number of thiocarbonyl (C=S) groups is 1. The Morgan fingerprint density at radius 3 is 2.71 bits per heavy atom. The van der Waals surface area contributed by atoms with Gasteiger partial charge in [0.1, 0.15) is 0 Å². The third-order valence-corrected chi connectivity index (χ3v) is 7.84. The van der Waals surface area contributed by atoms with Crippen LogP contribution < -0.4 is 10.9 Å². The quantitative estimate of drug-likeness (QED) is 0.370. The van der Waals surface area contributed by atoms with Gasteiger partial charge in [0.05, 0.1) is 12.1 Å². The van der Waals surface area contributed by atoms with E-state index in [0.29, 0.717) is 12.6 Å². The summed E-state index contributed by atoms with van der Waals surface area (Å²) >= 11 is 5.87. The van der Waals surface area contributed by atoms with Crippen molar-refractivity contribution >= 4 is 28.2 Å². The van der Waals surface area contributed by atoms with Crippen molar-refractivity contribution in [1.29, 1.82) is 0 Å². The number of benzene rings is 1. The van der Waals surface area contributed by atoms with Crippen LogP contribution in [0.4, 0.5) is 0 Å². The maximum atomic E-state index is 13.1. The standard InChI is InChI=1S/C27H43N5OS/c1-6-30(7-2)15-10-14-28-27(34)32(19-24-11-9-16-31(24)8-3)18-23-17-22-13-12-20(4)21(5)25(22)29-26(23)33/h12-13,17,24H,6-11,14-16,18-19H2,1-5H3,(H,28,34)(H,29,33). The monoisotopic (exact) mass is 485 g/mol. The van der Waals surface area contributed by atoms with Crippen molar-refractivity contribution in [3.63, 3.8) is 0 Å². The molecule has 7 heteroatoms. The maximum absolute atomic E-state index is 13.1. The normalized spacial score (nSPS) is 16.5. The maximum Gasteiger partial charge on any atom is 0.253 e. The van der Waals surface area contributed by atoms with Crippen LogP contribution in [-0.2, 0) is 6.54 Å². The Morgan fingerprint density at radius 1 is 1.24 bits per heavy atom. The molecule has 0 bridgehead atoms. The van der Waals surface area contributed by atoms with Crippen LogP contribution in [0.25, 0.3) is 10.9 Å². The van der Waals surface area contributed by atoms with E-state index in [2.05, 4.69) is 71.8 Å². The molecule has 0 saturated carbocycles. The molecule has 0 spiro atoms. The second-order valence-corrected chi connectivity index (χ2v) is 9.90. The van der Waals surface area contributed by atoms with Crippen LogP contribution in [0.2, 0.25) is 0 Å². The van der Waals surface area contributed by atoms with Gasteiger partial charge < -0.3 is 20.1 Å². The van der Waals surface area contributed by atoms with Gasteiger partial charge in [-0.3, -0.25) is 9.69 Å². The summed E-state index contributed by atoms with van der Waals surface area (Å²) in [6.45, 7) is 18.4. The number of likely N-dealkylation sites (N-methyl/N-ethyl adjacent to an activating group) is 1. The summed E-state index contributed by atoms with van der Waals surface area (Å²) in [5.74, 6) is 0. The highest BCUT2D eigenvalue weighted by Gasteiger charge is 2.26. The zero-order chi connectivity index (χ0) is 24.7. The van der Waals surface area contributed by atoms with Gasteiger partial charge in [-0.25, -0.2) is 0 Å².